The van der Waals surface area contributed by atoms with Crippen LogP contribution in [0.3, 0.4) is 0 Å². The van der Waals surface area contributed by atoms with Gasteiger partial charge in [-0.2, -0.15) is 0 Å². The molecule has 4 aliphatic heterocycles. The van der Waals surface area contributed by atoms with Gasteiger partial charge in [-0.05, 0) is 77.0 Å². The summed E-state index contributed by atoms with van der Waals surface area (Å²) in [5.41, 5.74) is 0.876. The van der Waals surface area contributed by atoms with Crippen LogP contribution in [-0.4, -0.2) is 58.4 Å². The van der Waals surface area contributed by atoms with Gasteiger partial charge in [0.1, 0.15) is 11.5 Å². The second kappa shape index (κ2) is 12.4. The summed E-state index contributed by atoms with van der Waals surface area (Å²) in [6, 6.07) is 6.53. The molecule has 0 spiro atoms. The van der Waals surface area contributed by atoms with E-state index >= 15 is 0 Å². The van der Waals surface area contributed by atoms with Gasteiger partial charge in [0.15, 0.2) is 11.4 Å². The molecule has 2 aliphatic carbocycles. The number of amides is 2. The van der Waals surface area contributed by atoms with Crippen molar-refractivity contribution in [2.24, 2.45) is 0 Å². The molecule has 6 fully saturated rings. The Kier molecular flexibility index (Phi) is 9.09. The summed E-state index contributed by atoms with van der Waals surface area (Å²) >= 11 is 0. The molecule has 2 aromatic rings. The van der Waals surface area contributed by atoms with Crippen molar-refractivity contribution in [3.8, 4) is 0 Å². The molecular weight excluding hydrogens is 555 g/mol. The van der Waals surface area contributed by atoms with Crippen LogP contribution in [0.5, 0.6) is 0 Å². The van der Waals surface area contributed by atoms with Crippen LogP contribution in [0, 0.1) is 0 Å². The van der Waals surface area contributed by atoms with E-state index in [1.54, 1.807) is 0 Å². The van der Waals surface area contributed by atoms with E-state index in [9.17, 15) is 9.59 Å². The monoisotopic (exact) mass is 594 g/mol. The number of halogens is 2. The van der Waals surface area contributed by atoms with E-state index < -0.39 is 0 Å². The molecule has 2 saturated carbocycles. The maximum absolute atomic E-state index is 12.1. The second-order valence-corrected chi connectivity index (χ2v) is 12.3. The third kappa shape index (κ3) is 6.83. The van der Waals surface area contributed by atoms with Crippen molar-refractivity contribution >= 4 is 36.6 Å². The first kappa shape index (κ1) is 29.4. The molecule has 2 unspecified atom stereocenters. The molecule has 6 heterocycles. The van der Waals surface area contributed by atoms with Gasteiger partial charge in [0.25, 0.3) is 11.8 Å². The Bertz CT molecular complexity index is 1070. The molecule has 10 nitrogen and oxygen atoms in total. The lowest BCUT2D eigenvalue weighted by molar-refractivity contribution is 0.0905. The van der Waals surface area contributed by atoms with E-state index in [4.69, 9.17) is 9.05 Å². The molecule has 2 aromatic heterocycles. The summed E-state index contributed by atoms with van der Waals surface area (Å²) < 4.78 is 10.5. The fraction of sp³-hybridized carbons (Fsp3) is 0.714. The highest BCUT2D eigenvalue weighted by molar-refractivity contribution is 5.93. The van der Waals surface area contributed by atoms with Gasteiger partial charge in [0.2, 0.25) is 0 Å². The second-order valence-electron chi connectivity index (χ2n) is 12.3. The molecule has 0 aromatic carbocycles. The Labute approximate surface area is 246 Å². The van der Waals surface area contributed by atoms with E-state index in [1.807, 2.05) is 12.1 Å². The van der Waals surface area contributed by atoms with E-state index in [1.165, 1.54) is 25.7 Å². The summed E-state index contributed by atoms with van der Waals surface area (Å²) in [7, 11) is 0. The van der Waals surface area contributed by atoms with Crippen LogP contribution < -0.4 is 21.3 Å². The van der Waals surface area contributed by atoms with Crippen LogP contribution in [0.25, 0.3) is 0 Å². The summed E-state index contributed by atoms with van der Waals surface area (Å²) in [5, 5.41) is 21.2. The van der Waals surface area contributed by atoms with E-state index in [-0.39, 0.29) is 48.7 Å². The number of fused-ring (bicyclic) bond motifs is 4. The zero-order valence-electron chi connectivity index (χ0n) is 22.6. The third-order valence-electron chi connectivity index (χ3n) is 9.10. The largest absolute Gasteiger partial charge is 0.360 e. The Morgan fingerprint density at radius 3 is 1.30 bits per heavy atom. The molecular formula is C28H40Cl2N6O4. The number of hydrogen-bond donors (Lipinski definition) is 4. The number of nitrogens with one attached hydrogen (secondary N) is 4. The molecule has 6 atom stereocenters. The topological polar surface area (TPSA) is 134 Å². The van der Waals surface area contributed by atoms with Gasteiger partial charge >= 0.3 is 0 Å². The van der Waals surface area contributed by atoms with Crippen molar-refractivity contribution in [3.05, 3.63) is 35.0 Å². The van der Waals surface area contributed by atoms with Gasteiger partial charge < -0.3 is 30.3 Å². The minimum atomic E-state index is -0.0815. The number of carbonyl (C=O) groups excluding carboxylic acids is 2. The van der Waals surface area contributed by atoms with Crippen molar-refractivity contribution in [2.45, 2.75) is 125 Å². The van der Waals surface area contributed by atoms with E-state index in [0.29, 0.717) is 47.4 Å². The van der Waals surface area contributed by atoms with Crippen LogP contribution in [-0.2, 0) is 0 Å². The Hall–Kier alpha value is -2.14. The number of piperidine rings is 2. The van der Waals surface area contributed by atoms with Gasteiger partial charge in [-0.1, -0.05) is 10.3 Å². The lowest BCUT2D eigenvalue weighted by Gasteiger charge is -2.29. The standard InChI is InChI=1S/2C14H19N3O2.2ClH/c2*18-14(12-7-13(19-17-12)8-1-2-8)16-11-5-9-3-4-10(6-11)15-9;;/h2*7-11,15H,1-6H2,(H,16,18);2*1H/t2*9-,10+,11?;;. The van der Waals surface area contributed by atoms with Crippen LogP contribution in [0.4, 0.5) is 0 Å². The average Bonchev–Trinajstić information content (AvgIpc) is 3.77. The molecule has 2 amide bonds. The van der Waals surface area contributed by atoms with Gasteiger partial charge in [-0.25, -0.2) is 0 Å². The molecule has 8 rings (SSSR count). The maximum atomic E-state index is 12.1. The molecule has 4 N–H and O–H groups in total. The molecule has 220 valence electrons. The first-order valence-electron chi connectivity index (χ1n) is 14.6. The van der Waals surface area contributed by atoms with Crippen molar-refractivity contribution in [1.29, 1.82) is 0 Å². The lowest BCUT2D eigenvalue weighted by atomic mass is 10.00. The highest BCUT2D eigenvalue weighted by atomic mass is 35.5. The van der Waals surface area contributed by atoms with Gasteiger partial charge in [0, 0.05) is 60.2 Å². The quantitative estimate of drug-likeness (QED) is 0.394. The first-order valence-corrected chi connectivity index (χ1v) is 14.6. The molecule has 4 saturated heterocycles. The summed E-state index contributed by atoms with van der Waals surface area (Å²) in [6.07, 6.45) is 13.8. The number of rotatable bonds is 6. The van der Waals surface area contributed by atoms with E-state index in [0.717, 1.165) is 62.9 Å². The van der Waals surface area contributed by atoms with Crippen molar-refractivity contribution in [2.75, 3.05) is 0 Å². The van der Waals surface area contributed by atoms with E-state index in [2.05, 4.69) is 31.6 Å². The Balaban J connectivity index is 0.000000154. The van der Waals surface area contributed by atoms with Crippen molar-refractivity contribution in [3.63, 3.8) is 0 Å². The van der Waals surface area contributed by atoms with Crippen LogP contribution in [0.15, 0.2) is 21.2 Å². The Morgan fingerprint density at radius 2 is 0.975 bits per heavy atom. The average molecular weight is 596 g/mol. The zero-order valence-corrected chi connectivity index (χ0v) is 24.2. The smallest absolute Gasteiger partial charge is 0.273 e. The highest BCUT2D eigenvalue weighted by Crippen LogP contribution is 2.41. The highest BCUT2D eigenvalue weighted by Gasteiger charge is 2.36. The SMILES string of the molecule is Cl.Cl.O=C(NC1C[C@H]2CC[C@@H](C1)N2)c1cc(C2CC2)on1.O=C(NC1C[C@H]2CC[C@@H](C1)N2)c1cc(C2CC2)on1. The van der Waals surface area contributed by atoms with Gasteiger partial charge in [0.05, 0.1) is 0 Å². The molecule has 6 aliphatic rings. The zero-order chi connectivity index (χ0) is 25.6. The third-order valence-corrected chi connectivity index (χ3v) is 9.10. The van der Waals surface area contributed by atoms with Crippen LogP contribution in [0.2, 0.25) is 0 Å². The molecule has 0 radical (unpaired) electrons. The molecule has 4 bridgehead atoms. The number of aromatic nitrogens is 2. The van der Waals surface area contributed by atoms with Crippen LogP contribution in [0.1, 0.15) is 121 Å². The summed E-state index contributed by atoms with van der Waals surface area (Å²) in [4.78, 5) is 24.3. The fourth-order valence-electron chi connectivity index (χ4n) is 6.78. The Morgan fingerprint density at radius 1 is 0.625 bits per heavy atom. The number of carbonyl (C=O) groups is 2. The number of hydrogen-bond acceptors (Lipinski definition) is 8. The number of nitrogens with zero attached hydrogens (tertiary/aromatic N) is 2. The normalized spacial score (nSPS) is 31.7. The minimum absolute atomic E-state index is 0. The summed E-state index contributed by atoms with van der Waals surface area (Å²) in [5.74, 6) is 2.59. The predicted octanol–water partition coefficient (Wildman–Crippen LogP) is 3.97. The fourth-order valence-corrected chi connectivity index (χ4v) is 6.78. The minimum Gasteiger partial charge on any atom is -0.360 e. The van der Waals surface area contributed by atoms with Crippen molar-refractivity contribution in [1.82, 2.24) is 31.6 Å². The predicted molar refractivity (Wildman–Crippen MR) is 152 cm³/mol. The molecule has 12 heteroatoms. The first-order chi connectivity index (χ1) is 18.6. The van der Waals surface area contributed by atoms with Crippen molar-refractivity contribution < 1.29 is 18.6 Å². The van der Waals surface area contributed by atoms with Gasteiger partial charge in [-0.3, -0.25) is 9.59 Å². The molecule has 40 heavy (non-hydrogen) atoms. The maximum Gasteiger partial charge on any atom is 0.273 e. The van der Waals surface area contributed by atoms with Gasteiger partial charge in [-0.15, -0.1) is 24.8 Å². The summed E-state index contributed by atoms with van der Waals surface area (Å²) in [6.45, 7) is 0. The van der Waals surface area contributed by atoms with Crippen LogP contribution >= 0.6 is 24.8 Å². The lowest BCUT2D eigenvalue weighted by Crippen LogP contribution is -2.48.